The van der Waals surface area contributed by atoms with E-state index in [-0.39, 0.29) is 5.57 Å². The Hall–Kier alpha value is -3.34. The largest absolute Gasteiger partial charge is 0.487 e. The molecule has 2 N–H and O–H groups in total. The lowest BCUT2D eigenvalue weighted by molar-refractivity contribution is -0.117. The number of hydrogen-bond acceptors (Lipinski definition) is 3. The highest BCUT2D eigenvalue weighted by Crippen LogP contribution is 2.36. The van der Waals surface area contributed by atoms with Crippen LogP contribution in [0.1, 0.15) is 16.7 Å². The van der Waals surface area contributed by atoms with Crippen molar-refractivity contribution >= 4 is 54.7 Å². The average Bonchev–Trinajstić information content (AvgIpc) is 3.25. The number of aromatic nitrogens is 1. The molecule has 0 unspecified atom stereocenters. The third-order valence-corrected chi connectivity index (χ3v) is 6.46. The maximum Gasteiger partial charge on any atom is 0.261 e. The van der Waals surface area contributed by atoms with Crippen molar-refractivity contribution in [3.63, 3.8) is 0 Å². The van der Waals surface area contributed by atoms with Crippen LogP contribution in [0.5, 0.6) is 5.75 Å². The lowest BCUT2D eigenvalue weighted by Crippen LogP contribution is -2.26. The minimum absolute atomic E-state index is 0.0377. The highest BCUT2D eigenvalue weighted by Gasteiger charge is 2.13. The summed E-state index contributed by atoms with van der Waals surface area (Å²) >= 11 is 7.07. The van der Waals surface area contributed by atoms with Gasteiger partial charge in [0.1, 0.15) is 24.0 Å². The average molecular weight is 579 g/mol. The quantitative estimate of drug-likeness (QED) is 0.184. The van der Waals surface area contributed by atoms with Crippen LogP contribution in [0.15, 0.2) is 87.4 Å². The van der Waals surface area contributed by atoms with Gasteiger partial charge in [-0.05, 0) is 79.2 Å². The van der Waals surface area contributed by atoms with E-state index in [1.807, 2.05) is 79.0 Å². The number of amides is 1. The maximum absolute atomic E-state index is 12.6. The van der Waals surface area contributed by atoms with E-state index in [9.17, 15) is 10.1 Å². The Labute approximate surface area is 214 Å². The van der Waals surface area contributed by atoms with Gasteiger partial charge in [-0.3, -0.25) is 4.79 Å². The predicted molar refractivity (Wildman–Crippen MR) is 141 cm³/mol. The molecule has 0 aliphatic carbocycles. The van der Waals surface area contributed by atoms with Gasteiger partial charge in [0.25, 0.3) is 5.91 Å². The first kappa shape index (κ1) is 23.8. The molecular formula is C27H21Br2N3O2. The smallest absolute Gasteiger partial charge is 0.261 e. The second kappa shape index (κ2) is 11.2. The Bertz CT molecular complexity index is 1370. The molecule has 0 bridgehead atoms. The van der Waals surface area contributed by atoms with Gasteiger partial charge < -0.3 is 15.0 Å². The number of H-pyrrole nitrogens is 1. The van der Waals surface area contributed by atoms with E-state index in [2.05, 4.69) is 42.2 Å². The van der Waals surface area contributed by atoms with Crippen LogP contribution in [0, 0.1) is 11.3 Å². The van der Waals surface area contributed by atoms with Gasteiger partial charge in [0.2, 0.25) is 0 Å². The fourth-order valence-electron chi connectivity index (χ4n) is 3.59. The van der Waals surface area contributed by atoms with Crippen molar-refractivity contribution in [2.75, 3.05) is 6.54 Å². The van der Waals surface area contributed by atoms with E-state index in [4.69, 9.17) is 4.74 Å². The fraction of sp³-hybridized carbons (Fsp3) is 0.111. The fourth-order valence-corrected chi connectivity index (χ4v) is 5.04. The Morgan fingerprint density at radius 1 is 1.06 bits per heavy atom. The van der Waals surface area contributed by atoms with Crippen LogP contribution >= 0.6 is 31.9 Å². The molecule has 5 nitrogen and oxygen atoms in total. The van der Waals surface area contributed by atoms with Crippen LogP contribution in [-0.2, 0) is 17.8 Å². The predicted octanol–water partition coefficient (Wildman–Crippen LogP) is 6.54. The van der Waals surface area contributed by atoms with Gasteiger partial charge >= 0.3 is 0 Å². The van der Waals surface area contributed by atoms with Gasteiger partial charge in [0.05, 0.1) is 8.95 Å². The highest BCUT2D eigenvalue weighted by atomic mass is 79.9. The first-order valence-electron chi connectivity index (χ1n) is 10.7. The normalized spacial score (nSPS) is 11.3. The number of fused-ring (bicyclic) bond motifs is 1. The number of ether oxygens (including phenoxy) is 1. The third kappa shape index (κ3) is 5.77. The van der Waals surface area contributed by atoms with Crippen molar-refractivity contribution in [1.29, 1.82) is 5.26 Å². The molecule has 4 aromatic rings. The van der Waals surface area contributed by atoms with Gasteiger partial charge in [-0.1, -0.05) is 48.5 Å². The van der Waals surface area contributed by atoms with E-state index in [0.29, 0.717) is 30.9 Å². The number of aromatic amines is 1. The summed E-state index contributed by atoms with van der Waals surface area (Å²) in [5, 5.41) is 13.5. The molecule has 1 aromatic heterocycles. The Balaban J connectivity index is 1.40. The second-order valence-electron chi connectivity index (χ2n) is 7.62. The van der Waals surface area contributed by atoms with Crippen LogP contribution < -0.4 is 10.1 Å². The number of nitriles is 1. The molecule has 3 aromatic carbocycles. The third-order valence-electron chi connectivity index (χ3n) is 5.28. The molecule has 34 heavy (non-hydrogen) atoms. The summed E-state index contributed by atoms with van der Waals surface area (Å²) in [5.41, 5.74) is 3.98. The summed E-state index contributed by atoms with van der Waals surface area (Å²) in [6.45, 7) is 0.856. The zero-order chi connectivity index (χ0) is 23.9. The number of hydrogen-bond donors (Lipinski definition) is 2. The number of nitrogens with one attached hydrogen (secondary N) is 2. The summed E-state index contributed by atoms with van der Waals surface area (Å²) in [7, 11) is 0. The molecule has 170 valence electrons. The SMILES string of the molecule is N#C/C(=C/c1cc(Br)c(OCc2ccccc2)c(Br)c1)C(=O)NCCc1c[nH]c2ccccc12. The summed E-state index contributed by atoms with van der Waals surface area (Å²) in [4.78, 5) is 15.8. The van der Waals surface area contributed by atoms with Crippen molar-refractivity contribution in [3.8, 4) is 11.8 Å². The molecular weight excluding hydrogens is 558 g/mol. The van der Waals surface area contributed by atoms with Crippen molar-refractivity contribution in [2.24, 2.45) is 0 Å². The number of rotatable bonds is 8. The standard InChI is InChI=1S/C27H21Br2N3O2/c28-23-13-19(14-24(29)26(23)34-17-18-6-2-1-3-7-18)12-21(15-30)27(33)31-11-10-20-16-32-25-9-5-4-8-22(20)25/h1-9,12-14,16,32H,10-11,17H2,(H,31,33)/b21-12-. The van der Waals surface area contributed by atoms with Crippen LogP contribution in [-0.4, -0.2) is 17.4 Å². The van der Waals surface area contributed by atoms with Crippen molar-refractivity contribution < 1.29 is 9.53 Å². The van der Waals surface area contributed by atoms with Gasteiger partial charge in [-0.15, -0.1) is 0 Å². The van der Waals surface area contributed by atoms with Gasteiger partial charge in [0, 0.05) is 23.6 Å². The molecule has 4 rings (SSSR count). The molecule has 0 atom stereocenters. The first-order chi connectivity index (χ1) is 16.5. The van der Waals surface area contributed by atoms with Crippen molar-refractivity contribution in [1.82, 2.24) is 10.3 Å². The van der Waals surface area contributed by atoms with Crippen molar-refractivity contribution in [2.45, 2.75) is 13.0 Å². The van der Waals surface area contributed by atoms with Crippen molar-refractivity contribution in [3.05, 3.63) is 104 Å². The Kier molecular flexibility index (Phi) is 7.84. The van der Waals surface area contributed by atoms with E-state index in [1.54, 1.807) is 6.08 Å². The number of carbonyl (C=O) groups is 1. The minimum atomic E-state index is -0.404. The zero-order valence-corrected chi connectivity index (χ0v) is 21.3. The summed E-state index contributed by atoms with van der Waals surface area (Å²) in [6.07, 6.45) is 4.19. The van der Waals surface area contributed by atoms with Crippen LogP contribution in [0.2, 0.25) is 0 Å². The Morgan fingerprint density at radius 2 is 1.76 bits per heavy atom. The van der Waals surface area contributed by atoms with Crippen LogP contribution in [0.3, 0.4) is 0 Å². The number of benzene rings is 3. The van der Waals surface area contributed by atoms with E-state index in [0.717, 1.165) is 31.0 Å². The Morgan fingerprint density at radius 3 is 2.50 bits per heavy atom. The highest BCUT2D eigenvalue weighted by molar-refractivity contribution is 9.11. The second-order valence-corrected chi connectivity index (χ2v) is 9.33. The summed E-state index contributed by atoms with van der Waals surface area (Å²) in [5.74, 6) is 0.252. The van der Waals surface area contributed by atoms with E-state index < -0.39 is 5.91 Å². The number of carbonyl (C=O) groups excluding carboxylic acids is 1. The maximum atomic E-state index is 12.6. The number of halogens is 2. The summed E-state index contributed by atoms with van der Waals surface area (Å²) in [6, 6.07) is 23.6. The minimum Gasteiger partial charge on any atom is -0.487 e. The molecule has 1 heterocycles. The summed E-state index contributed by atoms with van der Waals surface area (Å²) < 4.78 is 7.39. The molecule has 0 saturated heterocycles. The molecule has 0 fully saturated rings. The monoisotopic (exact) mass is 577 g/mol. The molecule has 0 aliphatic rings. The molecule has 7 heteroatoms. The zero-order valence-electron chi connectivity index (χ0n) is 18.1. The van der Waals surface area contributed by atoms with Crippen LogP contribution in [0.25, 0.3) is 17.0 Å². The van der Waals surface area contributed by atoms with E-state index >= 15 is 0 Å². The van der Waals surface area contributed by atoms with Gasteiger partial charge in [0.15, 0.2) is 0 Å². The molecule has 1 amide bonds. The molecule has 0 saturated carbocycles. The van der Waals surface area contributed by atoms with Crippen LogP contribution in [0.4, 0.5) is 0 Å². The lowest BCUT2D eigenvalue weighted by atomic mass is 10.1. The topological polar surface area (TPSA) is 77.9 Å². The van der Waals surface area contributed by atoms with E-state index in [1.165, 1.54) is 0 Å². The lowest BCUT2D eigenvalue weighted by Gasteiger charge is -2.12. The molecule has 0 aliphatic heterocycles. The van der Waals surface area contributed by atoms with Gasteiger partial charge in [-0.2, -0.15) is 5.26 Å². The number of nitrogens with zero attached hydrogens (tertiary/aromatic N) is 1. The molecule has 0 radical (unpaired) electrons. The molecule has 0 spiro atoms. The number of para-hydroxylation sites is 1. The van der Waals surface area contributed by atoms with Gasteiger partial charge in [-0.25, -0.2) is 0 Å². The first-order valence-corrected chi connectivity index (χ1v) is 12.2.